The average Bonchev–Trinajstić information content (AvgIpc) is 2.71. The van der Waals surface area contributed by atoms with Crippen LogP contribution in [-0.2, 0) is 12.8 Å². The van der Waals surface area contributed by atoms with Crippen molar-refractivity contribution in [1.29, 1.82) is 0 Å². The van der Waals surface area contributed by atoms with Crippen molar-refractivity contribution in [2.24, 2.45) is 0 Å². The van der Waals surface area contributed by atoms with Crippen LogP contribution in [0.5, 0.6) is 17.2 Å². The zero-order valence-corrected chi connectivity index (χ0v) is 17.0. The molecule has 0 saturated heterocycles. The summed E-state index contributed by atoms with van der Waals surface area (Å²) in [6.07, 6.45) is 3.37. The molecule has 0 N–H and O–H groups in total. The van der Waals surface area contributed by atoms with Gasteiger partial charge in [0.05, 0.1) is 30.1 Å². The summed E-state index contributed by atoms with van der Waals surface area (Å²) in [5, 5.41) is 11.2. The van der Waals surface area contributed by atoms with Crippen molar-refractivity contribution in [1.82, 2.24) is 0 Å². The minimum absolute atomic E-state index is 0.00572. The summed E-state index contributed by atoms with van der Waals surface area (Å²) in [5.74, 6) is 3.08. The lowest BCUT2D eigenvalue weighted by Crippen LogP contribution is -2.08. The third-order valence-electron chi connectivity index (χ3n) is 4.54. The van der Waals surface area contributed by atoms with E-state index < -0.39 is 4.92 Å². The fraction of sp³-hybridized carbons (Fsp3) is 0.429. The molecule has 2 aromatic rings. The summed E-state index contributed by atoms with van der Waals surface area (Å²) in [4.78, 5) is 11.9. The number of ether oxygens (including phenoxy) is 3. The number of rotatable bonds is 9. The van der Waals surface area contributed by atoms with Crippen LogP contribution < -0.4 is 14.2 Å². The van der Waals surface area contributed by atoms with Crippen molar-refractivity contribution in [3.05, 3.63) is 51.6 Å². The van der Waals surface area contributed by atoms with Gasteiger partial charge in [-0.3, -0.25) is 10.1 Å². The van der Waals surface area contributed by atoms with Crippen LogP contribution in [0.15, 0.2) is 35.2 Å². The predicted molar refractivity (Wildman–Crippen MR) is 110 cm³/mol. The van der Waals surface area contributed by atoms with Crippen LogP contribution >= 0.6 is 11.8 Å². The maximum Gasteiger partial charge on any atom is 0.311 e. The Morgan fingerprint density at radius 3 is 2.82 bits per heavy atom. The van der Waals surface area contributed by atoms with Gasteiger partial charge in [-0.25, -0.2) is 0 Å². The maximum absolute atomic E-state index is 11.2. The summed E-state index contributed by atoms with van der Waals surface area (Å²) < 4.78 is 16.8. The fourth-order valence-electron chi connectivity index (χ4n) is 3.17. The first kappa shape index (κ1) is 20.3. The van der Waals surface area contributed by atoms with Gasteiger partial charge in [-0.15, -0.1) is 11.8 Å². The van der Waals surface area contributed by atoms with E-state index in [9.17, 15) is 10.1 Å². The Labute approximate surface area is 169 Å². The van der Waals surface area contributed by atoms with Gasteiger partial charge in [-0.1, -0.05) is 13.0 Å². The van der Waals surface area contributed by atoms with Crippen molar-refractivity contribution in [2.45, 2.75) is 37.5 Å². The van der Waals surface area contributed by atoms with E-state index in [1.165, 1.54) is 7.11 Å². The third-order valence-corrected chi connectivity index (χ3v) is 5.54. The van der Waals surface area contributed by atoms with Gasteiger partial charge in [-0.2, -0.15) is 0 Å². The lowest BCUT2D eigenvalue weighted by Gasteiger charge is -2.20. The second-order valence-corrected chi connectivity index (χ2v) is 7.71. The largest absolute Gasteiger partial charge is 0.493 e. The maximum atomic E-state index is 11.2. The average molecular weight is 404 g/mol. The SMILES string of the molecule is CCCOc1cc2c(cc1CCCc1ccc(OC)c([N+](=O)[O-])c1)OCCS2. The summed E-state index contributed by atoms with van der Waals surface area (Å²) in [5.41, 5.74) is 2.05. The van der Waals surface area contributed by atoms with Crippen LogP contribution in [0.2, 0.25) is 0 Å². The smallest absolute Gasteiger partial charge is 0.311 e. The number of hydrogen-bond acceptors (Lipinski definition) is 6. The number of nitrogens with zero attached hydrogens (tertiary/aromatic N) is 1. The Kier molecular flexibility index (Phi) is 7.03. The van der Waals surface area contributed by atoms with Gasteiger partial charge < -0.3 is 14.2 Å². The number of hydrogen-bond donors (Lipinski definition) is 0. The molecule has 0 fully saturated rings. The van der Waals surface area contributed by atoms with E-state index in [0.717, 1.165) is 65.6 Å². The van der Waals surface area contributed by atoms with E-state index in [2.05, 4.69) is 19.1 Å². The molecule has 0 aliphatic carbocycles. The molecular formula is C21H25NO5S. The Morgan fingerprint density at radius 2 is 2.07 bits per heavy atom. The molecule has 6 nitrogen and oxygen atoms in total. The molecule has 0 unspecified atom stereocenters. The first-order chi connectivity index (χ1) is 13.6. The zero-order chi connectivity index (χ0) is 19.9. The second-order valence-electron chi connectivity index (χ2n) is 6.57. The fourth-order valence-corrected chi connectivity index (χ4v) is 4.01. The van der Waals surface area contributed by atoms with Gasteiger partial charge in [0.2, 0.25) is 0 Å². The standard InChI is InChI=1S/C21H25NO5S/c1-3-9-26-19-14-21-20(27-10-11-28-21)13-16(19)6-4-5-15-7-8-18(25-2)17(12-15)22(23)24/h7-8,12-14H,3-6,9-11H2,1-2H3. The molecular weight excluding hydrogens is 378 g/mol. The number of aryl methyl sites for hydroxylation is 2. The van der Waals surface area contributed by atoms with Gasteiger partial charge in [-0.05, 0) is 55.0 Å². The number of fused-ring (bicyclic) bond motifs is 1. The van der Waals surface area contributed by atoms with Gasteiger partial charge >= 0.3 is 5.69 Å². The molecule has 0 atom stereocenters. The molecule has 0 amide bonds. The number of methoxy groups -OCH3 is 1. The molecule has 0 bridgehead atoms. The molecule has 0 spiro atoms. The molecule has 2 aromatic carbocycles. The van der Waals surface area contributed by atoms with Crippen LogP contribution in [0.3, 0.4) is 0 Å². The van der Waals surface area contributed by atoms with Crippen molar-refractivity contribution in [2.75, 3.05) is 26.1 Å². The normalized spacial score (nSPS) is 12.8. The zero-order valence-electron chi connectivity index (χ0n) is 16.2. The predicted octanol–water partition coefficient (Wildman–Crippen LogP) is 5.05. The second kappa shape index (κ2) is 9.68. The molecule has 1 aliphatic rings. The third kappa shape index (κ3) is 4.90. The Balaban J connectivity index is 1.71. The molecule has 1 heterocycles. The number of thioether (sulfide) groups is 1. The summed E-state index contributed by atoms with van der Waals surface area (Å²) >= 11 is 1.79. The van der Waals surface area contributed by atoms with Crippen LogP contribution in [0.1, 0.15) is 30.9 Å². The summed E-state index contributed by atoms with van der Waals surface area (Å²) in [6.45, 7) is 3.50. The molecule has 7 heteroatoms. The van der Waals surface area contributed by atoms with Crippen LogP contribution in [0.25, 0.3) is 0 Å². The molecule has 150 valence electrons. The van der Waals surface area contributed by atoms with Crippen molar-refractivity contribution < 1.29 is 19.1 Å². The summed E-state index contributed by atoms with van der Waals surface area (Å²) in [6, 6.07) is 9.31. The summed E-state index contributed by atoms with van der Waals surface area (Å²) in [7, 11) is 1.44. The quantitative estimate of drug-likeness (QED) is 0.431. The molecule has 3 rings (SSSR count). The monoisotopic (exact) mass is 403 g/mol. The van der Waals surface area contributed by atoms with Gasteiger partial charge in [0.25, 0.3) is 0 Å². The number of nitro groups is 1. The molecule has 1 aliphatic heterocycles. The van der Waals surface area contributed by atoms with Crippen molar-refractivity contribution >= 4 is 17.4 Å². The van der Waals surface area contributed by atoms with Gasteiger partial charge in [0.1, 0.15) is 11.5 Å². The molecule has 28 heavy (non-hydrogen) atoms. The first-order valence-corrected chi connectivity index (χ1v) is 10.5. The van der Waals surface area contributed by atoms with Gasteiger partial charge in [0, 0.05) is 11.8 Å². The van der Waals surface area contributed by atoms with E-state index in [1.54, 1.807) is 23.9 Å². The molecule has 0 aromatic heterocycles. The van der Waals surface area contributed by atoms with Crippen molar-refractivity contribution in [3.63, 3.8) is 0 Å². The molecule has 0 saturated carbocycles. The Bertz CT molecular complexity index is 840. The van der Waals surface area contributed by atoms with E-state index in [-0.39, 0.29) is 11.4 Å². The van der Waals surface area contributed by atoms with Crippen LogP contribution in [0, 0.1) is 10.1 Å². The Morgan fingerprint density at radius 1 is 1.21 bits per heavy atom. The highest BCUT2D eigenvalue weighted by Crippen LogP contribution is 2.39. The van der Waals surface area contributed by atoms with Crippen LogP contribution in [0.4, 0.5) is 5.69 Å². The topological polar surface area (TPSA) is 70.8 Å². The van der Waals surface area contributed by atoms with E-state index in [1.807, 2.05) is 6.07 Å². The lowest BCUT2D eigenvalue weighted by molar-refractivity contribution is -0.385. The van der Waals surface area contributed by atoms with Crippen molar-refractivity contribution in [3.8, 4) is 17.2 Å². The van der Waals surface area contributed by atoms with Crippen LogP contribution in [-0.4, -0.2) is 31.0 Å². The highest BCUT2D eigenvalue weighted by atomic mass is 32.2. The number of benzene rings is 2. The highest BCUT2D eigenvalue weighted by Gasteiger charge is 2.17. The van der Waals surface area contributed by atoms with E-state index >= 15 is 0 Å². The lowest BCUT2D eigenvalue weighted by atomic mass is 10.0. The van der Waals surface area contributed by atoms with E-state index in [4.69, 9.17) is 14.2 Å². The minimum atomic E-state index is -0.405. The minimum Gasteiger partial charge on any atom is -0.493 e. The highest BCUT2D eigenvalue weighted by molar-refractivity contribution is 7.99. The number of nitro benzene ring substituents is 1. The van der Waals surface area contributed by atoms with Gasteiger partial charge in [0.15, 0.2) is 5.75 Å². The molecule has 0 radical (unpaired) electrons. The first-order valence-electron chi connectivity index (χ1n) is 9.49. The Hall–Kier alpha value is -2.41. The van der Waals surface area contributed by atoms with E-state index in [0.29, 0.717) is 6.61 Å².